The van der Waals surface area contributed by atoms with E-state index in [1.807, 2.05) is 44.2 Å². The van der Waals surface area contributed by atoms with Gasteiger partial charge < -0.3 is 10.1 Å². The van der Waals surface area contributed by atoms with E-state index in [0.29, 0.717) is 36.0 Å². The van der Waals surface area contributed by atoms with Crippen LogP contribution in [0.1, 0.15) is 33.6 Å². The van der Waals surface area contributed by atoms with Crippen molar-refractivity contribution in [2.45, 2.75) is 33.6 Å². The monoisotopic (exact) mass is 342 g/mol. The number of carbonyl (C=O) groups is 1. The number of aromatic amines is 1. The van der Waals surface area contributed by atoms with Gasteiger partial charge in [0.05, 0.1) is 6.61 Å². The number of urea groups is 1. The molecule has 1 aromatic carbocycles. The van der Waals surface area contributed by atoms with Crippen molar-refractivity contribution in [2.24, 2.45) is 10.9 Å². The maximum atomic E-state index is 12.1. The Hall–Kier alpha value is -2.63. The van der Waals surface area contributed by atoms with Crippen molar-refractivity contribution in [2.75, 3.05) is 13.2 Å². The Morgan fingerprint density at radius 1 is 1.32 bits per heavy atom. The van der Waals surface area contributed by atoms with E-state index in [9.17, 15) is 4.79 Å². The number of amides is 2. The zero-order chi connectivity index (χ0) is 18.1. The van der Waals surface area contributed by atoms with Crippen LogP contribution in [0.3, 0.4) is 0 Å². The van der Waals surface area contributed by atoms with Crippen molar-refractivity contribution in [1.82, 2.24) is 15.5 Å². The minimum absolute atomic E-state index is 0.364. The molecule has 2 amide bonds. The Bertz CT molecular complexity index is 739. The molecule has 0 fully saturated rings. The SMILES string of the molecule is CCCCOc1cc(=NC(=O)NCC(C)C)c(-c2ccccc2)n[nH]1. The highest BCUT2D eigenvalue weighted by Crippen LogP contribution is 2.13. The summed E-state index contributed by atoms with van der Waals surface area (Å²) in [5.41, 5.74) is 1.50. The van der Waals surface area contributed by atoms with Gasteiger partial charge in [0.25, 0.3) is 0 Å². The number of ether oxygens (including phenoxy) is 1. The third kappa shape index (κ3) is 6.06. The molecule has 2 rings (SSSR count). The van der Waals surface area contributed by atoms with Gasteiger partial charge in [0, 0.05) is 18.2 Å². The number of rotatable bonds is 7. The third-order valence-electron chi connectivity index (χ3n) is 3.47. The summed E-state index contributed by atoms with van der Waals surface area (Å²) in [7, 11) is 0. The maximum absolute atomic E-state index is 12.1. The third-order valence-corrected chi connectivity index (χ3v) is 3.47. The predicted molar refractivity (Wildman–Crippen MR) is 98.2 cm³/mol. The van der Waals surface area contributed by atoms with Gasteiger partial charge >= 0.3 is 6.03 Å². The topological polar surface area (TPSA) is 79.4 Å². The smallest absolute Gasteiger partial charge is 0.341 e. The minimum atomic E-state index is -0.376. The van der Waals surface area contributed by atoms with Gasteiger partial charge in [0.2, 0.25) is 5.88 Å². The van der Waals surface area contributed by atoms with Crippen LogP contribution in [0.25, 0.3) is 11.3 Å². The van der Waals surface area contributed by atoms with Crippen LogP contribution in [-0.2, 0) is 0 Å². The van der Waals surface area contributed by atoms with Crippen LogP contribution in [-0.4, -0.2) is 29.4 Å². The van der Waals surface area contributed by atoms with E-state index in [-0.39, 0.29) is 6.03 Å². The summed E-state index contributed by atoms with van der Waals surface area (Å²) >= 11 is 0. The second kappa shape index (κ2) is 9.61. The zero-order valence-corrected chi connectivity index (χ0v) is 15.1. The summed E-state index contributed by atoms with van der Waals surface area (Å²) in [6, 6.07) is 11.0. The van der Waals surface area contributed by atoms with Gasteiger partial charge in [-0.15, -0.1) is 0 Å². The molecule has 0 atom stereocenters. The summed E-state index contributed by atoms with van der Waals surface area (Å²) in [5, 5.41) is 10.5. The van der Waals surface area contributed by atoms with Crippen LogP contribution >= 0.6 is 0 Å². The highest BCUT2D eigenvalue weighted by molar-refractivity contribution is 5.75. The minimum Gasteiger partial charge on any atom is -0.478 e. The van der Waals surface area contributed by atoms with Gasteiger partial charge in [0.1, 0.15) is 11.1 Å². The second-order valence-corrected chi connectivity index (χ2v) is 6.23. The molecule has 1 heterocycles. The van der Waals surface area contributed by atoms with Crippen LogP contribution in [0.15, 0.2) is 41.4 Å². The van der Waals surface area contributed by atoms with Gasteiger partial charge in [-0.25, -0.2) is 9.89 Å². The summed E-state index contributed by atoms with van der Waals surface area (Å²) in [6.45, 7) is 7.35. The van der Waals surface area contributed by atoms with Crippen LogP contribution in [0, 0.1) is 5.92 Å². The highest BCUT2D eigenvalue weighted by atomic mass is 16.5. The van der Waals surface area contributed by atoms with Crippen LogP contribution in [0.2, 0.25) is 0 Å². The number of benzene rings is 1. The molecule has 134 valence electrons. The fourth-order valence-corrected chi connectivity index (χ4v) is 2.13. The van der Waals surface area contributed by atoms with E-state index in [4.69, 9.17) is 4.74 Å². The Balaban J connectivity index is 2.33. The van der Waals surface area contributed by atoms with E-state index in [2.05, 4.69) is 27.4 Å². The molecule has 1 aromatic heterocycles. The fraction of sp³-hybridized carbons (Fsp3) is 0.421. The van der Waals surface area contributed by atoms with E-state index in [0.717, 1.165) is 18.4 Å². The van der Waals surface area contributed by atoms with Crippen molar-refractivity contribution < 1.29 is 9.53 Å². The Morgan fingerprint density at radius 2 is 2.08 bits per heavy atom. The van der Waals surface area contributed by atoms with Gasteiger partial charge in [-0.2, -0.15) is 10.1 Å². The lowest BCUT2D eigenvalue weighted by atomic mass is 10.1. The van der Waals surface area contributed by atoms with Crippen LogP contribution < -0.4 is 15.4 Å². The van der Waals surface area contributed by atoms with Gasteiger partial charge in [0.15, 0.2) is 0 Å². The van der Waals surface area contributed by atoms with E-state index in [1.54, 1.807) is 6.07 Å². The number of unbranched alkanes of at least 4 members (excludes halogenated alkanes) is 1. The van der Waals surface area contributed by atoms with Crippen molar-refractivity contribution in [3.05, 3.63) is 41.8 Å². The molecule has 0 aliphatic carbocycles. The number of nitrogens with one attached hydrogen (secondary N) is 2. The first kappa shape index (κ1) is 18.7. The molecule has 0 bridgehead atoms. The van der Waals surface area contributed by atoms with Gasteiger partial charge in [-0.3, -0.25) is 0 Å². The van der Waals surface area contributed by atoms with Crippen molar-refractivity contribution in [3.8, 4) is 17.1 Å². The number of hydrogen-bond donors (Lipinski definition) is 2. The summed E-state index contributed by atoms with van der Waals surface area (Å²) in [6.07, 6.45) is 2.00. The number of hydrogen-bond acceptors (Lipinski definition) is 3. The lowest BCUT2D eigenvalue weighted by Gasteiger charge is -2.08. The molecular weight excluding hydrogens is 316 g/mol. The first-order valence-electron chi connectivity index (χ1n) is 8.70. The molecule has 0 aliphatic heterocycles. The van der Waals surface area contributed by atoms with Crippen molar-refractivity contribution in [1.29, 1.82) is 0 Å². The molecule has 0 saturated heterocycles. The molecule has 0 spiro atoms. The van der Waals surface area contributed by atoms with Gasteiger partial charge in [-0.1, -0.05) is 57.5 Å². The normalized spacial score (nSPS) is 11.6. The largest absolute Gasteiger partial charge is 0.478 e. The molecule has 6 heteroatoms. The maximum Gasteiger partial charge on any atom is 0.341 e. The molecule has 6 nitrogen and oxygen atoms in total. The first-order valence-corrected chi connectivity index (χ1v) is 8.70. The highest BCUT2D eigenvalue weighted by Gasteiger charge is 2.08. The number of H-pyrrole nitrogens is 1. The average molecular weight is 342 g/mol. The lowest BCUT2D eigenvalue weighted by molar-refractivity contribution is 0.247. The number of nitrogens with zero attached hydrogens (tertiary/aromatic N) is 2. The van der Waals surface area contributed by atoms with E-state index >= 15 is 0 Å². The van der Waals surface area contributed by atoms with Crippen molar-refractivity contribution in [3.63, 3.8) is 0 Å². The molecule has 0 unspecified atom stereocenters. The van der Waals surface area contributed by atoms with Crippen LogP contribution in [0.4, 0.5) is 4.79 Å². The molecule has 25 heavy (non-hydrogen) atoms. The van der Waals surface area contributed by atoms with Crippen molar-refractivity contribution >= 4 is 6.03 Å². The van der Waals surface area contributed by atoms with Crippen LogP contribution in [0.5, 0.6) is 5.88 Å². The molecular formula is C19H26N4O2. The second-order valence-electron chi connectivity index (χ2n) is 6.23. The Morgan fingerprint density at radius 3 is 2.76 bits per heavy atom. The predicted octanol–water partition coefficient (Wildman–Crippen LogP) is 3.52. The standard InChI is InChI=1S/C19H26N4O2/c1-4-5-11-25-17-12-16(21-19(24)20-13-14(2)3)18(23-22-17)15-9-7-6-8-10-15/h6-10,12,14H,4-5,11,13H2,1-3H3,(H2,20,21,22,24). The summed E-state index contributed by atoms with van der Waals surface area (Å²) < 4.78 is 5.65. The summed E-state index contributed by atoms with van der Waals surface area (Å²) in [4.78, 5) is 16.3. The molecule has 0 saturated carbocycles. The van der Waals surface area contributed by atoms with E-state index < -0.39 is 0 Å². The summed E-state index contributed by atoms with van der Waals surface area (Å²) in [5.74, 6) is 0.867. The average Bonchev–Trinajstić information content (AvgIpc) is 2.61. The fourth-order valence-electron chi connectivity index (χ4n) is 2.13. The lowest BCUT2D eigenvalue weighted by Crippen LogP contribution is -2.27. The molecule has 0 aliphatic rings. The Labute approximate surface area is 148 Å². The van der Waals surface area contributed by atoms with E-state index in [1.165, 1.54) is 0 Å². The molecule has 2 aromatic rings. The zero-order valence-electron chi connectivity index (χ0n) is 15.1. The molecule has 0 radical (unpaired) electrons. The first-order chi connectivity index (χ1) is 12.1. The quantitative estimate of drug-likeness (QED) is 0.756. The number of carbonyl (C=O) groups excluding carboxylic acids is 1. The van der Waals surface area contributed by atoms with Gasteiger partial charge in [-0.05, 0) is 12.3 Å². The Kier molecular flexibility index (Phi) is 7.19. The molecule has 2 N–H and O–H groups in total. The number of aromatic nitrogens is 2.